The first-order valence-corrected chi connectivity index (χ1v) is 6.34. The van der Waals surface area contributed by atoms with E-state index in [0.717, 1.165) is 35.9 Å². The van der Waals surface area contributed by atoms with Gasteiger partial charge in [0.15, 0.2) is 0 Å². The molecule has 4 nitrogen and oxygen atoms in total. The molecule has 0 saturated heterocycles. The summed E-state index contributed by atoms with van der Waals surface area (Å²) >= 11 is 0. The van der Waals surface area contributed by atoms with Crippen LogP contribution in [0.15, 0.2) is 24.5 Å². The van der Waals surface area contributed by atoms with E-state index in [2.05, 4.69) is 22.5 Å². The number of nitrogens with zero attached hydrogens (tertiary/aromatic N) is 2. The fourth-order valence-corrected chi connectivity index (χ4v) is 2.81. The third-order valence-corrected chi connectivity index (χ3v) is 4.13. The van der Waals surface area contributed by atoms with Gasteiger partial charge in [-0.2, -0.15) is 5.10 Å². The summed E-state index contributed by atoms with van der Waals surface area (Å²) < 4.78 is 1.87. The van der Waals surface area contributed by atoms with Crippen molar-refractivity contribution in [1.82, 2.24) is 14.9 Å². The Morgan fingerprint density at radius 1 is 1.44 bits per heavy atom. The molecule has 1 saturated carbocycles. The zero-order valence-corrected chi connectivity index (χ0v) is 10.7. The summed E-state index contributed by atoms with van der Waals surface area (Å²) in [6.45, 7) is 2.04. The summed E-state index contributed by atoms with van der Waals surface area (Å²) in [5.74, 6) is 0.122. The lowest BCUT2D eigenvalue weighted by Crippen LogP contribution is -2.48. The van der Waals surface area contributed by atoms with E-state index in [1.165, 1.54) is 0 Å². The second kappa shape index (κ2) is 3.83. The van der Waals surface area contributed by atoms with Crippen LogP contribution in [0.25, 0.3) is 5.52 Å². The van der Waals surface area contributed by atoms with Crippen molar-refractivity contribution in [1.29, 1.82) is 0 Å². The van der Waals surface area contributed by atoms with E-state index in [-0.39, 0.29) is 11.3 Å². The van der Waals surface area contributed by atoms with E-state index in [1.807, 2.05) is 23.8 Å². The number of hydrogen-bond donors (Lipinski definition) is 1. The van der Waals surface area contributed by atoms with E-state index in [0.29, 0.717) is 0 Å². The van der Waals surface area contributed by atoms with Gasteiger partial charge in [0.1, 0.15) is 0 Å². The fraction of sp³-hybridized carbons (Fsp3) is 0.429. The van der Waals surface area contributed by atoms with Crippen LogP contribution in [0.2, 0.25) is 0 Å². The number of aromatic nitrogens is 2. The van der Waals surface area contributed by atoms with Crippen molar-refractivity contribution in [3.8, 4) is 0 Å². The maximum absolute atomic E-state index is 12.1. The van der Waals surface area contributed by atoms with E-state index in [1.54, 1.807) is 7.05 Å². The van der Waals surface area contributed by atoms with Gasteiger partial charge in [0, 0.05) is 13.2 Å². The minimum Gasteiger partial charge on any atom is -0.358 e. The van der Waals surface area contributed by atoms with Crippen LogP contribution in [0.3, 0.4) is 0 Å². The Morgan fingerprint density at radius 3 is 2.83 bits per heavy atom. The zero-order chi connectivity index (χ0) is 12.8. The van der Waals surface area contributed by atoms with Gasteiger partial charge < -0.3 is 5.32 Å². The summed E-state index contributed by atoms with van der Waals surface area (Å²) in [7, 11) is 1.71. The number of aryl methyl sites for hydroxylation is 1. The van der Waals surface area contributed by atoms with Crippen molar-refractivity contribution in [2.24, 2.45) is 0 Å². The number of fused-ring (bicyclic) bond motifs is 1. The first-order valence-electron chi connectivity index (χ1n) is 6.34. The molecule has 0 bridgehead atoms. The molecule has 1 aliphatic carbocycles. The van der Waals surface area contributed by atoms with Crippen LogP contribution in [0.4, 0.5) is 0 Å². The number of likely N-dealkylation sites (N-methyl/N-ethyl adjacent to an activating group) is 1. The van der Waals surface area contributed by atoms with Crippen molar-refractivity contribution in [3.05, 3.63) is 35.7 Å². The minimum absolute atomic E-state index is 0.122. The Balaban J connectivity index is 2.10. The number of amides is 1. The normalized spacial score (nSPS) is 17.4. The Labute approximate surface area is 106 Å². The molecule has 0 aliphatic heterocycles. The number of carbonyl (C=O) groups excluding carboxylic acids is 1. The van der Waals surface area contributed by atoms with E-state index in [4.69, 9.17) is 0 Å². The topological polar surface area (TPSA) is 46.4 Å². The molecular formula is C14H17N3O. The molecule has 0 aromatic carbocycles. The average molecular weight is 243 g/mol. The molecule has 0 spiro atoms. The van der Waals surface area contributed by atoms with Gasteiger partial charge in [-0.15, -0.1) is 0 Å². The summed E-state index contributed by atoms with van der Waals surface area (Å²) in [4.78, 5) is 12.1. The molecule has 18 heavy (non-hydrogen) atoms. The lowest BCUT2D eigenvalue weighted by Gasteiger charge is -2.40. The predicted octanol–water partition coefficient (Wildman–Crippen LogP) is 1.81. The Kier molecular flexibility index (Phi) is 2.40. The molecule has 1 N–H and O–H groups in total. The van der Waals surface area contributed by atoms with Crippen molar-refractivity contribution >= 4 is 11.4 Å². The molecule has 2 aromatic rings. The quantitative estimate of drug-likeness (QED) is 0.874. The molecule has 0 radical (unpaired) electrons. The molecule has 3 rings (SSSR count). The molecule has 94 valence electrons. The molecule has 1 aliphatic rings. The van der Waals surface area contributed by atoms with Crippen molar-refractivity contribution in [2.45, 2.75) is 31.6 Å². The maximum atomic E-state index is 12.1. The van der Waals surface area contributed by atoms with Gasteiger partial charge in [0.2, 0.25) is 5.91 Å². The number of nitrogens with one attached hydrogen (secondary N) is 1. The zero-order valence-electron chi connectivity index (χ0n) is 10.7. The number of carbonyl (C=O) groups is 1. The van der Waals surface area contributed by atoms with Crippen LogP contribution in [0.1, 0.15) is 30.4 Å². The second-order valence-electron chi connectivity index (χ2n) is 5.09. The standard InChI is InChI=1S/C14H17N3O/c1-10-8-16-17-9-11(4-5-12(10)17)14(6-3-7-14)13(18)15-2/h4-5,8-9H,3,6-7H2,1-2H3,(H,15,18). The van der Waals surface area contributed by atoms with Crippen LogP contribution in [0, 0.1) is 6.92 Å². The van der Waals surface area contributed by atoms with Crippen LogP contribution in [-0.4, -0.2) is 22.6 Å². The number of hydrogen-bond acceptors (Lipinski definition) is 2. The van der Waals surface area contributed by atoms with Gasteiger partial charge in [-0.3, -0.25) is 4.79 Å². The summed E-state index contributed by atoms with van der Waals surface area (Å²) in [6.07, 6.45) is 6.82. The SMILES string of the molecule is CNC(=O)C1(c2ccc3c(C)cnn3c2)CCC1. The second-order valence-corrected chi connectivity index (χ2v) is 5.09. The van der Waals surface area contributed by atoms with Gasteiger partial charge in [-0.1, -0.05) is 12.5 Å². The highest BCUT2D eigenvalue weighted by Gasteiger charge is 2.45. The Morgan fingerprint density at radius 2 is 2.22 bits per heavy atom. The first-order chi connectivity index (χ1) is 8.67. The van der Waals surface area contributed by atoms with Gasteiger partial charge >= 0.3 is 0 Å². The largest absolute Gasteiger partial charge is 0.358 e. The lowest BCUT2D eigenvalue weighted by atomic mass is 9.64. The van der Waals surface area contributed by atoms with E-state index in [9.17, 15) is 4.79 Å². The van der Waals surface area contributed by atoms with Crippen LogP contribution in [-0.2, 0) is 10.2 Å². The Bertz CT molecular complexity index is 611. The maximum Gasteiger partial charge on any atom is 0.230 e. The molecule has 0 atom stereocenters. The fourth-order valence-electron chi connectivity index (χ4n) is 2.81. The summed E-state index contributed by atoms with van der Waals surface area (Å²) in [6, 6.07) is 4.12. The monoisotopic (exact) mass is 243 g/mol. The molecule has 1 amide bonds. The van der Waals surface area contributed by atoms with Gasteiger partial charge in [-0.05, 0) is 37.0 Å². The van der Waals surface area contributed by atoms with Crippen molar-refractivity contribution in [3.63, 3.8) is 0 Å². The number of rotatable bonds is 2. The highest BCUT2D eigenvalue weighted by atomic mass is 16.2. The molecule has 2 aromatic heterocycles. The van der Waals surface area contributed by atoms with Gasteiger partial charge in [0.05, 0.1) is 17.1 Å². The smallest absolute Gasteiger partial charge is 0.230 e. The highest BCUT2D eigenvalue weighted by molar-refractivity contribution is 5.89. The Hall–Kier alpha value is -1.84. The van der Waals surface area contributed by atoms with Crippen LogP contribution >= 0.6 is 0 Å². The minimum atomic E-state index is -0.331. The van der Waals surface area contributed by atoms with Crippen LogP contribution < -0.4 is 5.32 Å². The van der Waals surface area contributed by atoms with E-state index >= 15 is 0 Å². The molecule has 0 unspecified atom stereocenters. The van der Waals surface area contributed by atoms with Crippen molar-refractivity contribution < 1.29 is 4.79 Å². The average Bonchev–Trinajstić information content (AvgIpc) is 2.69. The van der Waals surface area contributed by atoms with E-state index < -0.39 is 0 Å². The van der Waals surface area contributed by atoms with Gasteiger partial charge in [-0.25, -0.2) is 4.52 Å². The molecule has 1 fully saturated rings. The highest BCUT2D eigenvalue weighted by Crippen LogP contribution is 2.43. The third-order valence-electron chi connectivity index (χ3n) is 4.13. The van der Waals surface area contributed by atoms with Gasteiger partial charge in [0.25, 0.3) is 0 Å². The predicted molar refractivity (Wildman–Crippen MR) is 69.5 cm³/mol. The molecule has 2 heterocycles. The summed E-state index contributed by atoms with van der Waals surface area (Å²) in [5.41, 5.74) is 3.00. The molecule has 4 heteroatoms. The third kappa shape index (κ3) is 1.38. The summed E-state index contributed by atoms with van der Waals surface area (Å²) in [5, 5.41) is 7.11. The van der Waals surface area contributed by atoms with Crippen LogP contribution in [0.5, 0.6) is 0 Å². The first kappa shape index (κ1) is 11.3. The lowest BCUT2D eigenvalue weighted by molar-refractivity contribution is -0.129. The van der Waals surface area contributed by atoms with Crippen molar-refractivity contribution in [2.75, 3.05) is 7.05 Å². The number of pyridine rings is 1. The molecular weight excluding hydrogens is 226 g/mol.